The van der Waals surface area contributed by atoms with Gasteiger partial charge in [-0.05, 0) is 26.0 Å². The first-order valence-corrected chi connectivity index (χ1v) is 4.88. The van der Waals surface area contributed by atoms with E-state index in [2.05, 4.69) is 0 Å². The van der Waals surface area contributed by atoms with Gasteiger partial charge in [-0.15, -0.1) is 0 Å². The molecule has 0 aliphatic heterocycles. The summed E-state index contributed by atoms with van der Waals surface area (Å²) in [4.78, 5) is 10.5. The van der Waals surface area contributed by atoms with Gasteiger partial charge in [0.25, 0.3) is 0 Å². The molecular formula is C12H15FO2. The van der Waals surface area contributed by atoms with Crippen LogP contribution in [0.2, 0.25) is 0 Å². The van der Waals surface area contributed by atoms with Gasteiger partial charge in [0.05, 0.1) is 6.61 Å². The van der Waals surface area contributed by atoms with Crippen LogP contribution in [0.5, 0.6) is 5.75 Å². The molecule has 15 heavy (non-hydrogen) atoms. The van der Waals surface area contributed by atoms with Crippen LogP contribution >= 0.6 is 0 Å². The van der Waals surface area contributed by atoms with Crippen molar-refractivity contribution in [3.63, 3.8) is 0 Å². The highest BCUT2D eigenvalue weighted by atomic mass is 19.1. The maximum absolute atomic E-state index is 13.1. The maximum atomic E-state index is 13.1. The number of ether oxygens (including phenoxy) is 1. The molecule has 1 aromatic carbocycles. The van der Waals surface area contributed by atoms with Crippen LogP contribution in [-0.2, 0) is 0 Å². The van der Waals surface area contributed by atoms with Crippen molar-refractivity contribution in [2.45, 2.75) is 25.9 Å². The summed E-state index contributed by atoms with van der Waals surface area (Å²) in [7, 11) is 0. The van der Waals surface area contributed by atoms with Gasteiger partial charge in [0, 0.05) is 12.0 Å². The molecule has 1 rings (SSSR count). The van der Waals surface area contributed by atoms with Gasteiger partial charge in [-0.2, -0.15) is 0 Å². The molecule has 1 aromatic rings. The van der Waals surface area contributed by atoms with Crippen LogP contribution in [0.25, 0.3) is 0 Å². The lowest BCUT2D eigenvalue weighted by Gasteiger charge is -2.14. The molecule has 0 amide bonds. The van der Waals surface area contributed by atoms with Gasteiger partial charge in [-0.3, -0.25) is 4.79 Å². The molecule has 82 valence electrons. The molecular weight excluding hydrogens is 195 g/mol. The number of hydrogen-bond donors (Lipinski definition) is 0. The molecule has 0 spiro atoms. The quantitative estimate of drug-likeness (QED) is 0.698. The predicted octanol–water partition coefficient (Wildman–Crippen LogP) is 3.02. The summed E-state index contributed by atoms with van der Waals surface area (Å²) in [5.41, 5.74) is -0.658. The second-order valence-electron chi connectivity index (χ2n) is 4.01. The third-order valence-corrected chi connectivity index (χ3v) is 1.96. The number of alkyl halides is 1. The van der Waals surface area contributed by atoms with E-state index in [0.29, 0.717) is 24.3 Å². The number of benzene rings is 1. The standard InChI is InChI=1S/C12H15FO2/c1-12(2,13)6-7-15-11-5-3-4-10(8-11)9-14/h3-5,8-9H,6-7H2,1-2H3. The topological polar surface area (TPSA) is 26.3 Å². The van der Waals surface area contributed by atoms with Crippen molar-refractivity contribution in [2.75, 3.05) is 6.61 Å². The van der Waals surface area contributed by atoms with Crippen LogP contribution < -0.4 is 4.74 Å². The molecule has 0 aliphatic carbocycles. The van der Waals surface area contributed by atoms with E-state index in [9.17, 15) is 9.18 Å². The Morgan fingerprint density at radius 1 is 1.47 bits per heavy atom. The third-order valence-electron chi connectivity index (χ3n) is 1.96. The number of aldehydes is 1. The molecule has 0 bridgehead atoms. The van der Waals surface area contributed by atoms with Crippen LogP contribution in [0.15, 0.2) is 24.3 Å². The number of carbonyl (C=O) groups is 1. The van der Waals surface area contributed by atoms with Crippen molar-refractivity contribution >= 4 is 6.29 Å². The van der Waals surface area contributed by atoms with Crippen molar-refractivity contribution in [1.82, 2.24) is 0 Å². The van der Waals surface area contributed by atoms with Crippen LogP contribution in [0, 0.1) is 0 Å². The molecule has 0 aliphatic rings. The van der Waals surface area contributed by atoms with Crippen LogP contribution in [0.1, 0.15) is 30.6 Å². The normalized spacial score (nSPS) is 11.1. The Morgan fingerprint density at radius 3 is 2.80 bits per heavy atom. The number of halogens is 1. The first-order valence-electron chi connectivity index (χ1n) is 4.88. The van der Waals surface area contributed by atoms with Gasteiger partial charge < -0.3 is 4.74 Å². The molecule has 0 saturated heterocycles. The third kappa shape index (κ3) is 4.58. The summed E-state index contributed by atoms with van der Waals surface area (Å²) in [6.45, 7) is 3.34. The highest BCUT2D eigenvalue weighted by Gasteiger charge is 2.14. The van der Waals surface area contributed by atoms with E-state index in [1.165, 1.54) is 13.8 Å². The number of rotatable bonds is 5. The van der Waals surface area contributed by atoms with E-state index >= 15 is 0 Å². The monoisotopic (exact) mass is 210 g/mol. The maximum Gasteiger partial charge on any atom is 0.150 e. The minimum atomic E-state index is -1.22. The van der Waals surface area contributed by atoms with Crippen molar-refractivity contribution in [1.29, 1.82) is 0 Å². The summed E-state index contributed by atoms with van der Waals surface area (Å²) in [5, 5.41) is 0. The molecule has 2 nitrogen and oxygen atoms in total. The van der Waals surface area contributed by atoms with Crippen LogP contribution in [0.4, 0.5) is 4.39 Å². The molecule has 0 unspecified atom stereocenters. The van der Waals surface area contributed by atoms with E-state index in [0.717, 1.165) is 6.29 Å². The fourth-order valence-electron chi connectivity index (χ4n) is 1.09. The number of hydrogen-bond acceptors (Lipinski definition) is 2. The van der Waals surface area contributed by atoms with E-state index in [-0.39, 0.29) is 0 Å². The second kappa shape index (κ2) is 4.91. The number of carbonyl (C=O) groups excluding carboxylic acids is 1. The Kier molecular flexibility index (Phi) is 3.83. The summed E-state index contributed by atoms with van der Waals surface area (Å²) < 4.78 is 18.4. The summed E-state index contributed by atoms with van der Waals surface area (Å²) in [6.07, 6.45) is 1.09. The minimum absolute atomic E-state index is 0.311. The summed E-state index contributed by atoms with van der Waals surface area (Å²) in [5.74, 6) is 0.601. The zero-order chi connectivity index (χ0) is 11.3. The summed E-state index contributed by atoms with van der Waals surface area (Å²) >= 11 is 0. The van der Waals surface area contributed by atoms with Crippen molar-refractivity contribution in [2.24, 2.45) is 0 Å². The van der Waals surface area contributed by atoms with Gasteiger partial charge in [0.1, 0.15) is 17.7 Å². The first kappa shape index (κ1) is 11.7. The van der Waals surface area contributed by atoms with Gasteiger partial charge in [0.2, 0.25) is 0 Å². The molecule has 3 heteroatoms. The molecule has 0 saturated carbocycles. The lowest BCUT2D eigenvalue weighted by Crippen LogP contribution is -2.16. The van der Waals surface area contributed by atoms with E-state index in [4.69, 9.17) is 4.74 Å². The van der Waals surface area contributed by atoms with E-state index < -0.39 is 5.67 Å². The molecule has 0 fully saturated rings. The summed E-state index contributed by atoms with van der Waals surface area (Å²) in [6, 6.07) is 6.81. The van der Waals surface area contributed by atoms with E-state index in [1.807, 2.05) is 0 Å². The lowest BCUT2D eigenvalue weighted by molar-refractivity contribution is 0.112. The van der Waals surface area contributed by atoms with Gasteiger partial charge in [-0.25, -0.2) is 4.39 Å². The Morgan fingerprint density at radius 2 is 2.20 bits per heavy atom. The average Bonchev–Trinajstić information content (AvgIpc) is 2.16. The molecule has 0 radical (unpaired) electrons. The zero-order valence-corrected chi connectivity index (χ0v) is 9.00. The van der Waals surface area contributed by atoms with Gasteiger partial charge in [0.15, 0.2) is 0 Å². The highest BCUT2D eigenvalue weighted by molar-refractivity contribution is 5.75. The average molecular weight is 210 g/mol. The molecule has 0 N–H and O–H groups in total. The zero-order valence-electron chi connectivity index (χ0n) is 9.00. The molecule has 0 atom stereocenters. The van der Waals surface area contributed by atoms with Crippen molar-refractivity contribution in [3.05, 3.63) is 29.8 Å². The fourth-order valence-corrected chi connectivity index (χ4v) is 1.09. The smallest absolute Gasteiger partial charge is 0.150 e. The molecule has 0 aromatic heterocycles. The lowest BCUT2D eigenvalue weighted by atomic mass is 10.1. The SMILES string of the molecule is CC(C)(F)CCOc1cccc(C=O)c1. The Labute approximate surface area is 89.1 Å². The minimum Gasteiger partial charge on any atom is -0.493 e. The molecule has 0 heterocycles. The van der Waals surface area contributed by atoms with Crippen molar-refractivity contribution in [3.8, 4) is 5.75 Å². The predicted molar refractivity (Wildman–Crippen MR) is 57.1 cm³/mol. The van der Waals surface area contributed by atoms with Gasteiger partial charge in [-0.1, -0.05) is 12.1 Å². The highest BCUT2D eigenvalue weighted by Crippen LogP contribution is 2.16. The first-order chi connectivity index (χ1) is 7.01. The fraction of sp³-hybridized carbons (Fsp3) is 0.417. The van der Waals surface area contributed by atoms with Gasteiger partial charge >= 0.3 is 0 Å². The second-order valence-corrected chi connectivity index (χ2v) is 4.01. The van der Waals surface area contributed by atoms with Crippen LogP contribution in [0.3, 0.4) is 0 Å². The Hall–Kier alpha value is -1.38. The van der Waals surface area contributed by atoms with Crippen molar-refractivity contribution < 1.29 is 13.9 Å². The Bertz CT molecular complexity index is 329. The van der Waals surface area contributed by atoms with Crippen LogP contribution in [-0.4, -0.2) is 18.6 Å². The Balaban J connectivity index is 2.47. The van der Waals surface area contributed by atoms with E-state index in [1.54, 1.807) is 24.3 Å². The largest absolute Gasteiger partial charge is 0.493 e.